The summed E-state index contributed by atoms with van der Waals surface area (Å²) < 4.78 is 49.8. The number of sulfonamides is 1. The second kappa shape index (κ2) is 13.2. The van der Waals surface area contributed by atoms with Crippen LogP contribution in [0.5, 0.6) is 11.5 Å². The van der Waals surface area contributed by atoms with Gasteiger partial charge in [0.1, 0.15) is 18.1 Å². The van der Waals surface area contributed by atoms with Crippen LogP contribution in [0.4, 0.5) is 9.59 Å². The lowest BCUT2D eigenvalue weighted by atomic mass is 10.2. The van der Waals surface area contributed by atoms with Crippen LogP contribution in [-0.2, 0) is 25.9 Å². The number of hydrogen-bond acceptors (Lipinski definition) is 7. The quantitative estimate of drug-likeness (QED) is 0.207. The van der Waals surface area contributed by atoms with E-state index < -0.39 is 48.5 Å². The summed E-state index contributed by atoms with van der Waals surface area (Å²) in [7, 11) is -9.14. The molecule has 1 atom stereocenters. The molecule has 0 aromatic heterocycles. The van der Waals surface area contributed by atoms with E-state index in [9.17, 15) is 22.6 Å². The third-order valence-corrected chi connectivity index (χ3v) is 7.06. The van der Waals surface area contributed by atoms with Gasteiger partial charge in [-0.2, -0.15) is 0 Å². The van der Waals surface area contributed by atoms with Gasteiger partial charge in [-0.1, -0.05) is 48.5 Å². The number of amides is 2. The fourth-order valence-electron chi connectivity index (χ4n) is 3.02. The Morgan fingerprint density at radius 1 is 0.842 bits per heavy atom. The van der Waals surface area contributed by atoms with Crippen molar-refractivity contribution in [2.75, 3.05) is 13.1 Å². The van der Waals surface area contributed by atoms with Gasteiger partial charge >= 0.3 is 19.3 Å². The Labute approximate surface area is 219 Å². The maximum Gasteiger partial charge on any atom is 0.413 e. The Hall–Kier alpha value is -3.74. The summed E-state index contributed by atoms with van der Waals surface area (Å²) in [4.78, 5) is 41.7. The molecule has 0 fully saturated rings. The lowest BCUT2D eigenvalue weighted by molar-refractivity contribution is 0.135. The van der Waals surface area contributed by atoms with E-state index in [1.165, 1.54) is 24.3 Å². The maximum absolute atomic E-state index is 12.8. The smallest absolute Gasteiger partial charge is 0.413 e. The van der Waals surface area contributed by atoms with Crippen LogP contribution in [0.1, 0.15) is 5.56 Å². The minimum atomic E-state index is -5.07. The molecule has 0 saturated carbocycles. The highest BCUT2D eigenvalue weighted by molar-refractivity contribution is 7.89. The summed E-state index contributed by atoms with van der Waals surface area (Å²) >= 11 is 0. The van der Waals surface area contributed by atoms with Crippen LogP contribution in [0.25, 0.3) is 0 Å². The molecule has 2 amide bonds. The highest BCUT2D eigenvalue weighted by Crippen LogP contribution is 2.34. The number of nitrogens with one attached hydrogen (secondary N) is 3. The molecule has 0 aliphatic heterocycles. The Kier molecular flexibility index (Phi) is 9.99. The van der Waals surface area contributed by atoms with Crippen LogP contribution in [0.2, 0.25) is 0 Å². The van der Waals surface area contributed by atoms with Crippen molar-refractivity contribution < 1.29 is 41.8 Å². The summed E-state index contributed by atoms with van der Waals surface area (Å²) in [6.07, 6.45) is -0.925. The first-order valence-corrected chi connectivity index (χ1v) is 14.3. The van der Waals surface area contributed by atoms with Crippen molar-refractivity contribution in [3.63, 3.8) is 0 Å². The van der Waals surface area contributed by atoms with E-state index in [4.69, 9.17) is 19.3 Å². The average Bonchev–Trinajstić information content (AvgIpc) is 2.90. The van der Waals surface area contributed by atoms with Crippen LogP contribution in [-0.4, -0.2) is 49.1 Å². The van der Waals surface area contributed by atoms with Gasteiger partial charge in [-0.15, -0.1) is 0 Å². The molecule has 14 heteroatoms. The van der Waals surface area contributed by atoms with E-state index >= 15 is 0 Å². The summed E-state index contributed by atoms with van der Waals surface area (Å²) in [5.41, 5.74) is -0.867. The number of hydrogen-bond donors (Lipinski definition) is 5. The summed E-state index contributed by atoms with van der Waals surface area (Å²) in [6.45, 7) is -0.986. The van der Waals surface area contributed by atoms with Gasteiger partial charge < -0.3 is 29.9 Å². The zero-order chi connectivity index (χ0) is 27.6. The second-order valence-electron chi connectivity index (χ2n) is 7.87. The van der Waals surface area contributed by atoms with Gasteiger partial charge in [0.05, 0.1) is 10.9 Å². The molecule has 202 valence electrons. The molecule has 3 aromatic carbocycles. The summed E-state index contributed by atoms with van der Waals surface area (Å²) in [6, 6.07) is 22.2. The molecule has 0 heterocycles. The molecular formula is C24H26N3O9PS. The van der Waals surface area contributed by atoms with Gasteiger partial charge in [0.15, 0.2) is 0 Å². The zero-order valence-corrected chi connectivity index (χ0v) is 21.6. The van der Waals surface area contributed by atoms with Crippen molar-refractivity contribution in [3.05, 3.63) is 90.5 Å². The summed E-state index contributed by atoms with van der Waals surface area (Å²) in [5.74, 6) is 0.989. The minimum absolute atomic E-state index is 0.0721. The van der Waals surface area contributed by atoms with Crippen molar-refractivity contribution in [3.8, 4) is 11.5 Å². The van der Waals surface area contributed by atoms with E-state index in [1.807, 2.05) is 11.4 Å². The molecule has 12 nitrogen and oxygen atoms in total. The Balaban J connectivity index is 1.62. The van der Waals surface area contributed by atoms with Crippen LogP contribution < -0.4 is 20.1 Å². The van der Waals surface area contributed by atoms with Crippen molar-refractivity contribution >= 4 is 29.4 Å². The third-order valence-electron chi connectivity index (χ3n) is 4.93. The number of benzene rings is 3. The fraction of sp³-hybridized carbons (Fsp3) is 0.167. The van der Waals surface area contributed by atoms with Gasteiger partial charge in [-0.25, -0.2) is 22.5 Å². The van der Waals surface area contributed by atoms with Gasteiger partial charge in [-0.05, 0) is 42.0 Å². The number of carbonyl (C=O) groups is 2. The van der Waals surface area contributed by atoms with Crippen molar-refractivity contribution in [1.29, 1.82) is 0 Å². The van der Waals surface area contributed by atoms with Crippen LogP contribution in [0.3, 0.4) is 0 Å². The largest absolute Gasteiger partial charge is 0.457 e. The summed E-state index contributed by atoms with van der Waals surface area (Å²) in [5, 5.41) is 4.36. The van der Waals surface area contributed by atoms with E-state index in [-0.39, 0.29) is 11.5 Å². The fourth-order valence-corrected chi connectivity index (χ4v) is 4.40. The maximum atomic E-state index is 12.8. The monoisotopic (exact) mass is 563 g/mol. The molecule has 0 aliphatic rings. The van der Waals surface area contributed by atoms with Gasteiger partial charge in [-0.3, -0.25) is 4.79 Å². The second-order valence-corrected chi connectivity index (χ2v) is 11.1. The highest BCUT2D eigenvalue weighted by Gasteiger charge is 2.27. The Morgan fingerprint density at radius 2 is 1.42 bits per heavy atom. The first-order valence-electron chi connectivity index (χ1n) is 11.2. The molecule has 3 aromatic rings. The first-order chi connectivity index (χ1) is 18.0. The van der Waals surface area contributed by atoms with Crippen LogP contribution in [0.15, 0.2) is 89.8 Å². The standard InChI is InChI=1S/C24H26N3O9PS/c28-23(35-17-18-7-3-1-4-8-18)27-19(15-25-24(29)37(30,31)32)16-26-38(33,34)22-13-11-21(12-14-22)36-20-9-5-2-6-10-20/h1-14,19,26H,15-17H2,(H,25,29)(H,27,28)(H2,30,31,32)/t19-/m1/s1. The molecule has 5 N–H and O–H groups in total. The van der Waals surface area contributed by atoms with E-state index in [2.05, 4.69) is 10.0 Å². The van der Waals surface area contributed by atoms with E-state index in [0.717, 1.165) is 0 Å². The lowest BCUT2D eigenvalue weighted by Gasteiger charge is -2.20. The molecular weight excluding hydrogens is 537 g/mol. The molecule has 3 rings (SSSR count). The first kappa shape index (κ1) is 28.8. The number of carbonyl (C=O) groups excluding carboxylic acids is 2. The molecule has 0 aliphatic carbocycles. The van der Waals surface area contributed by atoms with Crippen LogP contribution in [0, 0.1) is 0 Å². The predicted octanol–water partition coefficient (Wildman–Crippen LogP) is 2.94. The predicted molar refractivity (Wildman–Crippen MR) is 137 cm³/mol. The molecule has 0 radical (unpaired) electrons. The number of alkyl carbamates (subject to hydrolysis) is 1. The van der Waals surface area contributed by atoms with Gasteiger partial charge in [0.2, 0.25) is 10.0 Å². The molecule has 0 saturated heterocycles. The highest BCUT2D eigenvalue weighted by atomic mass is 32.2. The zero-order valence-electron chi connectivity index (χ0n) is 19.9. The van der Waals surface area contributed by atoms with Gasteiger partial charge in [0.25, 0.3) is 0 Å². The number of para-hydroxylation sites is 1. The Bertz CT molecular complexity index is 1370. The van der Waals surface area contributed by atoms with E-state index in [1.54, 1.807) is 54.6 Å². The lowest BCUT2D eigenvalue weighted by Crippen LogP contribution is -2.49. The molecule has 0 spiro atoms. The third kappa shape index (κ3) is 9.29. The van der Waals surface area contributed by atoms with Crippen molar-refractivity contribution in [2.45, 2.75) is 17.5 Å². The molecule has 0 unspecified atom stereocenters. The van der Waals surface area contributed by atoms with Gasteiger partial charge in [0, 0.05) is 13.1 Å². The van der Waals surface area contributed by atoms with Crippen molar-refractivity contribution in [2.24, 2.45) is 0 Å². The Morgan fingerprint density at radius 3 is 2.03 bits per heavy atom. The number of ether oxygens (including phenoxy) is 2. The SMILES string of the molecule is O=C(N[C@H](CNC(=O)P(=O)(O)O)CNS(=O)(=O)c1ccc(Oc2ccccc2)cc1)OCc1ccccc1. The normalized spacial score (nSPS) is 12.3. The van der Waals surface area contributed by atoms with Crippen LogP contribution >= 0.6 is 7.60 Å². The van der Waals surface area contributed by atoms with E-state index in [0.29, 0.717) is 17.1 Å². The minimum Gasteiger partial charge on any atom is -0.457 e. The van der Waals surface area contributed by atoms with Crippen molar-refractivity contribution in [1.82, 2.24) is 15.4 Å². The molecule has 38 heavy (non-hydrogen) atoms. The average molecular weight is 564 g/mol. The number of rotatable bonds is 12. The molecule has 0 bridgehead atoms. The topological polar surface area (TPSA) is 180 Å².